The number of rotatable bonds is 6. The minimum Gasteiger partial charge on any atom is -0.270 e. The molecular weight excluding hydrogens is 184 g/mol. The second-order valence-electron chi connectivity index (χ2n) is 3.19. The molecule has 0 spiro atoms. The molecule has 0 aliphatic rings. The number of aryl methyl sites for hydroxylation is 2. The van der Waals surface area contributed by atoms with E-state index in [1.54, 1.807) is 0 Å². The highest BCUT2D eigenvalue weighted by Crippen LogP contribution is 2.06. The molecule has 2 nitrogen and oxygen atoms in total. The lowest BCUT2D eigenvalue weighted by atomic mass is 10.2. The molecule has 1 heterocycles. The molecule has 0 N–H and O–H groups in total. The first-order valence-electron chi connectivity index (χ1n) is 4.95. The summed E-state index contributed by atoms with van der Waals surface area (Å²) in [5.41, 5.74) is 1.34. The van der Waals surface area contributed by atoms with Crippen molar-refractivity contribution in [2.45, 2.75) is 39.2 Å². The number of nitrogens with zero attached hydrogens (tertiary/aromatic N) is 2. The zero-order chi connectivity index (χ0) is 9.52. The molecule has 0 atom stereocenters. The predicted octanol–water partition coefficient (Wildman–Crippen LogP) is 2.85. The smallest absolute Gasteiger partial charge is 0.0492 e. The van der Waals surface area contributed by atoms with Gasteiger partial charge in [-0.1, -0.05) is 6.92 Å². The third-order valence-electron chi connectivity index (χ3n) is 2.06. The van der Waals surface area contributed by atoms with Crippen LogP contribution in [0.1, 0.15) is 31.9 Å². The van der Waals surface area contributed by atoms with Crippen LogP contribution in [0.3, 0.4) is 0 Å². The Hall–Kier alpha value is -0.500. The summed E-state index contributed by atoms with van der Waals surface area (Å²) in [4.78, 5) is 0. The Bertz CT molecular complexity index is 233. The lowest BCUT2D eigenvalue weighted by Gasteiger charge is -2.04. The largest absolute Gasteiger partial charge is 0.270 e. The predicted molar refractivity (Wildman–Crippen MR) is 56.2 cm³/mol. The summed E-state index contributed by atoms with van der Waals surface area (Å²) in [5, 5.41) is 4.27. The summed E-state index contributed by atoms with van der Waals surface area (Å²) in [6, 6.07) is 2.10. The highest BCUT2D eigenvalue weighted by atomic mass is 35.5. The third-order valence-corrected chi connectivity index (χ3v) is 2.32. The van der Waals surface area contributed by atoms with Gasteiger partial charge >= 0.3 is 0 Å². The van der Waals surface area contributed by atoms with Gasteiger partial charge in [0, 0.05) is 24.3 Å². The summed E-state index contributed by atoms with van der Waals surface area (Å²) >= 11 is 5.62. The standard InChI is InChI=1S/C10H17ClN2/c1-2-9-13-10(6-8-12-13)5-3-4-7-11/h6,8H,2-5,7,9H2,1H3. The minimum absolute atomic E-state index is 0.766. The molecule has 74 valence electrons. The van der Waals surface area contributed by atoms with Crippen LogP contribution in [-0.4, -0.2) is 15.7 Å². The molecule has 0 radical (unpaired) electrons. The van der Waals surface area contributed by atoms with Gasteiger partial charge in [0.05, 0.1) is 0 Å². The normalized spacial score (nSPS) is 10.6. The van der Waals surface area contributed by atoms with Crippen LogP contribution in [0, 0.1) is 0 Å². The van der Waals surface area contributed by atoms with E-state index < -0.39 is 0 Å². The molecule has 1 aromatic rings. The van der Waals surface area contributed by atoms with Gasteiger partial charge in [-0.05, 0) is 31.7 Å². The van der Waals surface area contributed by atoms with Crippen molar-refractivity contribution in [2.75, 3.05) is 5.88 Å². The number of hydrogen-bond donors (Lipinski definition) is 0. The molecule has 0 amide bonds. The van der Waals surface area contributed by atoms with Crippen LogP contribution in [0.2, 0.25) is 0 Å². The average Bonchev–Trinajstić information content (AvgIpc) is 2.54. The molecule has 13 heavy (non-hydrogen) atoms. The molecule has 1 aromatic heterocycles. The second kappa shape index (κ2) is 6.03. The molecule has 0 fully saturated rings. The van der Waals surface area contributed by atoms with Crippen molar-refractivity contribution in [3.05, 3.63) is 18.0 Å². The number of halogens is 1. The van der Waals surface area contributed by atoms with E-state index in [0.29, 0.717) is 0 Å². The van der Waals surface area contributed by atoms with E-state index in [1.807, 2.05) is 6.20 Å². The van der Waals surface area contributed by atoms with Gasteiger partial charge in [-0.25, -0.2) is 0 Å². The lowest BCUT2D eigenvalue weighted by Crippen LogP contribution is -2.04. The Morgan fingerprint density at radius 3 is 3.00 bits per heavy atom. The third kappa shape index (κ3) is 3.39. The van der Waals surface area contributed by atoms with Gasteiger partial charge in [-0.2, -0.15) is 5.10 Å². The number of unbranched alkanes of at least 4 members (excludes halogenated alkanes) is 1. The minimum atomic E-state index is 0.766. The SMILES string of the molecule is CCCn1nccc1CCCCCl. The molecule has 0 bridgehead atoms. The van der Waals surface area contributed by atoms with Gasteiger partial charge in [0.15, 0.2) is 0 Å². The molecule has 0 saturated heterocycles. The molecule has 0 unspecified atom stereocenters. The van der Waals surface area contributed by atoms with Crippen molar-refractivity contribution in [1.82, 2.24) is 9.78 Å². The fourth-order valence-electron chi connectivity index (χ4n) is 1.39. The maximum atomic E-state index is 5.62. The van der Waals surface area contributed by atoms with Gasteiger partial charge in [0.1, 0.15) is 0 Å². The number of hydrogen-bond acceptors (Lipinski definition) is 1. The Morgan fingerprint density at radius 1 is 1.46 bits per heavy atom. The van der Waals surface area contributed by atoms with Crippen molar-refractivity contribution in [3.8, 4) is 0 Å². The van der Waals surface area contributed by atoms with E-state index in [4.69, 9.17) is 11.6 Å². The first kappa shape index (κ1) is 10.6. The van der Waals surface area contributed by atoms with E-state index in [9.17, 15) is 0 Å². The highest BCUT2D eigenvalue weighted by molar-refractivity contribution is 6.17. The van der Waals surface area contributed by atoms with Crippen LogP contribution >= 0.6 is 11.6 Å². The summed E-state index contributed by atoms with van der Waals surface area (Å²) in [6.45, 7) is 3.20. The van der Waals surface area contributed by atoms with Crippen LogP contribution in [0.4, 0.5) is 0 Å². The van der Waals surface area contributed by atoms with Gasteiger partial charge in [0.2, 0.25) is 0 Å². The van der Waals surface area contributed by atoms with Gasteiger partial charge < -0.3 is 0 Å². The van der Waals surface area contributed by atoms with Crippen molar-refractivity contribution >= 4 is 11.6 Å². The maximum Gasteiger partial charge on any atom is 0.0492 e. The van der Waals surface area contributed by atoms with Crippen molar-refractivity contribution < 1.29 is 0 Å². The molecule has 0 aliphatic heterocycles. The Balaban J connectivity index is 2.40. The topological polar surface area (TPSA) is 17.8 Å². The fraction of sp³-hybridized carbons (Fsp3) is 0.700. The Kier molecular flexibility index (Phi) is 4.91. The zero-order valence-corrected chi connectivity index (χ0v) is 8.93. The Morgan fingerprint density at radius 2 is 2.31 bits per heavy atom. The van der Waals surface area contributed by atoms with E-state index in [-0.39, 0.29) is 0 Å². The van der Waals surface area contributed by atoms with Crippen LogP contribution in [0.25, 0.3) is 0 Å². The molecule has 0 aliphatic carbocycles. The molecule has 0 saturated carbocycles. The fourth-order valence-corrected chi connectivity index (χ4v) is 1.58. The van der Waals surface area contributed by atoms with E-state index >= 15 is 0 Å². The summed E-state index contributed by atoms with van der Waals surface area (Å²) < 4.78 is 2.09. The Labute approximate surface area is 84.9 Å². The van der Waals surface area contributed by atoms with Crippen LogP contribution in [-0.2, 0) is 13.0 Å². The van der Waals surface area contributed by atoms with Gasteiger partial charge in [0.25, 0.3) is 0 Å². The summed E-state index contributed by atoms with van der Waals surface area (Å²) in [5.74, 6) is 0.766. The van der Waals surface area contributed by atoms with Crippen molar-refractivity contribution in [2.24, 2.45) is 0 Å². The van der Waals surface area contributed by atoms with Crippen LogP contribution < -0.4 is 0 Å². The van der Waals surface area contributed by atoms with Crippen LogP contribution in [0.15, 0.2) is 12.3 Å². The molecule has 0 aromatic carbocycles. The van der Waals surface area contributed by atoms with E-state index in [2.05, 4.69) is 22.8 Å². The van der Waals surface area contributed by atoms with Gasteiger partial charge in [-0.15, -0.1) is 11.6 Å². The average molecular weight is 201 g/mol. The quantitative estimate of drug-likeness (QED) is 0.510. The summed E-state index contributed by atoms with van der Waals surface area (Å²) in [6.07, 6.45) is 6.39. The first-order valence-corrected chi connectivity index (χ1v) is 5.48. The zero-order valence-electron chi connectivity index (χ0n) is 8.17. The monoisotopic (exact) mass is 200 g/mol. The van der Waals surface area contributed by atoms with Crippen molar-refractivity contribution in [3.63, 3.8) is 0 Å². The lowest BCUT2D eigenvalue weighted by molar-refractivity contribution is 0.566. The van der Waals surface area contributed by atoms with Crippen LogP contribution in [0.5, 0.6) is 0 Å². The number of aromatic nitrogens is 2. The molecule has 1 rings (SSSR count). The first-order chi connectivity index (χ1) is 6.38. The van der Waals surface area contributed by atoms with Crippen molar-refractivity contribution in [1.29, 1.82) is 0 Å². The number of alkyl halides is 1. The molecule has 3 heteroatoms. The van der Waals surface area contributed by atoms with Gasteiger partial charge in [-0.3, -0.25) is 4.68 Å². The highest BCUT2D eigenvalue weighted by Gasteiger charge is 2.00. The second-order valence-corrected chi connectivity index (χ2v) is 3.57. The molecular formula is C10H17ClN2. The summed E-state index contributed by atoms with van der Waals surface area (Å²) in [7, 11) is 0. The van der Waals surface area contributed by atoms with E-state index in [0.717, 1.165) is 31.7 Å². The van der Waals surface area contributed by atoms with E-state index in [1.165, 1.54) is 12.1 Å². The maximum absolute atomic E-state index is 5.62.